The molecule has 0 aromatic rings. The molecule has 0 heterocycles. The fourth-order valence-corrected chi connectivity index (χ4v) is 5.10. The molecular formula is C22H45O5P. The highest BCUT2D eigenvalue weighted by Crippen LogP contribution is 2.55. The number of carbonyl (C=O) groups excluding carboxylic acids is 1. The predicted molar refractivity (Wildman–Crippen MR) is 117 cm³/mol. The molecule has 0 N–H and O–H groups in total. The first-order valence-electron chi connectivity index (χ1n) is 11.6. The van der Waals surface area contributed by atoms with Gasteiger partial charge in [-0.2, -0.15) is 0 Å². The van der Waals surface area contributed by atoms with E-state index >= 15 is 0 Å². The normalized spacial score (nSPS) is 12.9. The van der Waals surface area contributed by atoms with E-state index in [-0.39, 0.29) is 6.61 Å². The lowest BCUT2D eigenvalue weighted by molar-refractivity contribution is -0.143. The third kappa shape index (κ3) is 13.0. The number of rotatable bonds is 20. The van der Waals surface area contributed by atoms with E-state index in [9.17, 15) is 9.36 Å². The smallest absolute Gasteiger partial charge is 0.344 e. The number of hydrogen-bond acceptors (Lipinski definition) is 5. The van der Waals surface area contributed by atoms with Gasteiger partial charge in [-0.05, 0) is 26.2 Å². The molecule has 0 aliphatic rings. The van der Waals surface area contributed by atoms with E-state index in [1.54, 1.807) is 6.92 Å². The van der Waals surface area contributed by atoms with Crippen LogP contribution in [0.2, 0.25) is 0 Å². The van der Waals surface area contributed by atoms with Crippen LogP contribution in [0.15, 0.2) is 0 Å². The summed E-state index contributed by atoms with van der Waals surface area (Å²) in [5, 5.41) is 0. The second-order valence-corrected chi connectivity index (χ2v) is 9.64. The minimum atomic E-state index is -3.51. The van der Waals surface area contributed by atoms with Gasteiger partial charge < -0.3 is 13.8 Å². The molecule has 0 rings (SSSR count). The van der Waals surface area contributed by atoms with Crippen LogP contribution in [0.1, 0.15) is 111 Å². The Bertz CT molecular complexity index is 392. The minimum absolute atomic E-state index is 0.268. The highest BCUT2D eigenvalue weighted by Gasteiger charge is 2.41. The second-order valence-electron chi connectivity index (χ2n) is 7.42. The summed E-state index contributed by atoms with van der Waals surface area (Å²) in [6.45, 7) is 8.98. The molecule has 6 heteroatoms. The first kappa shape index (κ1) is 27.6. The van der Waals surface area contributed by atoms with Crippen molar-refractivity contribution in [2.24, 2.45) is 0 Å². The van der Waals surface area contributed by atoms with Gasteiger partial charge in [-0.1, -0.05) is 85.0 Å². The zero-order valence-corrected chi connectivity index (χ0v) is 19.8. The standard InChI is InChI=1S/C22H45O5P/c1-5-9-11-13-15-17-19-26-28(24,21(7-3)22(23)25-8-4)27-20-18-16-14-12-10-6-2/h21H,5-20H2,1-4H3. The van der Waals surface area contributed by atoms with Gasteiger partial charge in [-0.15, -0.1) is 0 Å². The van der Waals surface area contributed by atoms with Crippen LogP contribution < -0.4 is 0 Å². The molecule has 0 aromatic heterocycles. The predicted octanol–water partition coefficient (Wildman–Crippen LogP) is 7.28. The zero-order valence-electron chi connectivity index (χ0n) is 18.9. The highest BCUT2D eigenvalue weighted by molar-refractivity contribution is 7.55. The Balaban J connectivity index is 4.54. The first-order chi connectivity index (χ1) is 13.6. The van der Waals surface area contributed by atoms with Crippen LogP contribution in [0.5, 0.6) is 0 Å². The largest absolute Gasteiger partial charge is 0.465 e. The van der Waals surface area contributed by atoms with Crippen LogP contribution in [0.25, 0.3) is 0 Å². The molecule has 0 amide bonds. The molecule has 1 unspecified atom stereocenters. The molecule has 0 aromatic carbocycles. The maximum atomic E-state index is 13.4. The molecule has 0 bridgehead atoms. The lowest BCUT2D eigenvalue weighted by Crippen LogP contribution is -2.25. The lowest BCUT2D eigenvalue weighted by atomic mass is 10.1. The minimum Gasteiger partial charge on any atom is -0.465 e. The van der Waals surface area contributed by atoms with E-state index < -0.39 is 19.2 Å². The number of esters is 1. The SMILES string of the molecule is CCCCCCCCOP(=O)(OCCCCCCCC)C(CC)C(=O)OCC. The molecule has 0 radical (unpaired) electrons. The van der Waals surface area contributed by atoms with Crippen LogP contribution in [0.4, 0.5) is 0 Å². The number of hydrogen-bond donors (Lipinski definition) is 0. The fourth-order valence-electron chi connectivity index (χ4n) is 3.12. The van der Waals surface area contributed by atoms with Gasteiger partial charge in [-0.3, -0.25) is 9.36 Å². The topological polar surface area (TPSA) is 61.8 Å². The highest BCUT2D eigenvalue weighted by atomic mass is 31.2. The van der Waals surface area contributed by atoms with Crippen LogP contribution in [-0.2, 0) is 23.1 Å². The Morgan fingerprint density at radius 2 is 1.14 bits per heavy atom. The molecule has 0 fully saturated rings. The van der Waals surface area contributed by atoms with Crippen molar-refractivity contribution in [3.63, 3.8) is 0 Å². The number of unbranched alkanes of at least 4 members (excludes halogenated alkanes) is 10. The quantitative estimate of drug-likeness (QED) is 0.118. The molecule has 28 heavy (non-hydrogen) atoms. The van der Waals surface area contributed by atoms with E-state index in [0.29, 0.717) is 19.6 Å². The van der Waals surface area contributed by atoms with Gasteiger partial charge in [0.2, 0.25) is 0 Å². The van der Waals surface area contributed by atoms with E-state index in [2.05, 4.69) is 13.8 Å². The van der Waals surface area contributed by atoms with Crippen molar-refractivity contribution < 1.29 is 23.1 Å². The molecule has 1 atom stereocenters. The Morgan fingerprint density at radius 3 is 1.54 bits per heavy atom. The van der Waals surface area contributed by atoms with Crippen molar-refractivity contribution >= 4 is 13.6 Å². The van der Waals surface area contributed by atoms with Gasteiger partial charge in [0.25, 0.3) is 0 Å². The monoisotopic (exact) mass is 420 g/mol. The van der Waals surface area contributed by atoms with Gasteiger partial charge in [0.15, 0.2) is 5.66 Å². The summed E-state index contributed by atoms with van der Waals surface area (Å²) in [4.78, 5) is 12.3. The zero-order chi connectivity index (χ0) is 21.1. The van der Waals surface area contributed by atoms with E-state index in [1.807, 2.05) is 6.92 Å². The maximum absolute atomic E-state index is 13.4. The van der Waals surface area contributed by atoms with Crippen molar-refractivity contribution in [3.8, 4) is 0 Å². The van der Waals surface area contributed by atoms with Crippen LogP contribution >= 0.6 is 7.60 Å². The van der Waals surface area contributed by atoms with Gasteiger partial charge in [-0.25, -0.2) is 0 Å². The average molecular weight is 421 g/mol. The summed E-state index contributed by atoms with van der Waals surface area (Å²) >= 11 is 0. The lowest BCUT2D eigenvalue weighted by Gasteiger charge is -2.25. The Labute approximate surface area is 173 Å². The van der Waals surface area contributed by atoms with Crippen molar-refractivity contribution in [3.05, 3.63) is 0 Å². The molecule has 0 saturated heterocycles. The average Bonchev–Trinajstić information content (AvgIpc) is 2.67. The number of carbonyl (C=O) groups is 1. The summed E-state index contributed by atoms with van der Waals surface area (Å²) in [5.41, 5.74) is -0.826. The van der Waals surface area contributed by atoms with Gasteiger partial charge in [0, 0.05) is 0 Å². The second kappa shape index (κ2) is 18.6. The summed E-state index contributed by atoms with van der Waals surface area (Å²) in [5.74, 6) is -0.473. The van der Waals surface area contributed by atoms with Crippen LogP contribution in [-0.4, -0.2) is 31.4 Å². The summed E-state index contributed by atoms with van der Waals surface area (Å²) in [6, 6.07) is 0. The van der Waals surface area contributed by atoms with Crippen molar-refractivity contribution in [1.82, 2.24) is 0 Å². The van der Waals surface area contributed by atoms with Gasteiger partial charge in [0.05, 0.1) is 19.8 Å². The number of ether oxygens (including phenoxy) is 1. The van der Waals surface area contributed by atoms with Gasteiger partial charge in [0.1, 0.15) is 0 Å². The van der Waals surface area contributed by atoms with E-state index in [1.165, 1.54) is 38.5 Å². The Kier molecular flexibility index (Phi) is 18.4. The maximum Gasteiger partial charge on any atom is 0.344 e. The summed E-state index contributed by atoms with van der Waals surface area (Å²) < 4.78 is 30.0. The Hall–Kier alpha value is -0.380. The fraction of sp³-hybridized carbons (Fsp3) is 0.955. The van der Waals surface area contributed by atoms with Crippen molar-refractivity contribution in [2.75, 3.05) is 19.8 Å². The van der Waals surface area contributed by atoms with E-state index in [0.717, 1.165) is 38.5 Å². The van der Waals surface area contributed by atoms with Crippen LogP contribution in [0.3, 0.4) is 0 Å². The third-order valence-corrected chi connectivity index (χ3v) is 7.29. The molecule has 0 aliphatic carbocycles. The Morgan fingerprint density at radius 1 is 0.714 bits per heavy atom. The van der Waals surface area contributed by atoms with E-state index in [4.69, 9.17) is 13.8 Å². The molecule has 5 nitrogen and oxygen atoms in total. The first-order valence-corrected chi connectivity index (χ1v) is 13.2. The molecule has 168 valence electrons. The summed E-state index contributed by atoms with van der Waals surface area (Å²) in [6.07, 6.45) is 13.9. The molecular weight excluding hydrogens is 375 g/mol. The van der Waals surface area contributed by atoms with Crippen LogP contribution in [0, 0.1) is 0 Å². The molecule has 0 saturated carbocycles. The van der Waals surface area contributed by atoms with Crippen molar-refractivity contribution in [2.45, 2.75) is 117 Å². The summed E-state index contributed by atoms with van der Waals surface area (Å²) in [7, 11) is -3.51. The molecule has 0 aliphatic heterocycles. The third-order valence-electron chi connectivity index (χ3n) is 4.87. The van der Waals surface area contributed by atoms with Crippen molar-refractivity contribution in [1.29, 1.82) is 0 Å². The molecule has 0 spiro atoms. The van der Waals surface area contributed by atoms with Gasteiger partial charge >= 0.3 is 13.6 Å².